The average Bonchev–Trinajstić information content (AvgIpc) is 2.74. The average molecular weight is 215 g/mol. The van der Waals surface area contributed by atoms with Crippen molar-refractivity contribution in [2.45, 2.75) is 25.8 Å². The van der Waals surface area contributed by atoms with Crippen LogP contribution in [0.3, 0.4) is 0 Å². The fraction of sp³-hybridized carbons (Fsp3) is 0.429. The Morgan fingerprint density at radius 2 is 1.94 bits per heavy atom. The van der Waals surface area contributed by atoms with Crippen molar-refractivity contribution in [3.05, 3.63) is 36.3 Å². The van der Waals surface area contributed by atoms with E-state index in [0.29, 0.717) is 0 Å². The lowest BCUT2D eigenvalue weighted by Crippen LogP contribution is -2.29. The van der Waals surface area contributed by atoms with Gasteiger partial charge in [0.2, 0.25) is 0 Å². The molecular formula is C14H17NO. The lowest BCUT2D eigenvalue weighted by Gasteiger charge is -2.26. The molecule has 1 saturated heterocycles. The largest absolute Gasteiger partial charge is 0.472 e. The molecule has 0 atom stereocenters. The summed E-state index contributed by atoms with van der Waals surface area (Å²) in [7, 11) is 0. The molecule has 2 nitrogen and oxygen atoms in total. The van der Waals surface area contributed by atoms with E-state index < -0.39 is 0 Å². The zero-order valence-electron chi connectivity index (χ0n) is 9.48. The van der Waals surface area contributed by atoms with Gasteiger partial charge in [0.05, 0.1) is 12.5 Å². The summed E-state index contributed by atoms with van der Waals surface area (Å²) in [5.74, 6) is 0. The van der Waals surface area contributed by atoms with Crippen LogP contribution in [-0.2, 0) is 6.54 Å². The summed E-state index contributed by atoms with van der Waals surface area (Å²) in [5.41, 5.74) is 4.00. The third kappa shape index (κ3) is 1.85. The number of hydrogen-bond donors (Lipinski definition) is 0. The molecule has 1 aliphatic carbocycles. The van der Waals surface area contributed by atoms with E-state index >= 15 is 0 Å². The van der Waals surface area contributed by atoms with E-state index in [0.717, 1.165) is 6.54 Å². The predicted octanol–water partition coefficient (Wildman–Crippen LogP) is 3.37. The standard InChI is InChI=1S/C14H17NO/c1-2-7-15(8-3-1)10-12-4-5-13-11-16-9-6-14(12)13/h4-6,9,11H,1-3,7-8,10H2. The highest BCUT2D eigenvalue weighted by Gasteiger charge is 2.14. The van der Waals surface area contributed by atoms with Crippen LogP contribution in [0.25, 0.3) is 11.1 Å². The third-order valence-corrected chi connectivity index (χ3v) is 3.47. The van der Waals surface area contributed by atoms with E-state index in [1.165, 1.54) is 49.0 Å². The van der Waals surface area contributed by atoms with Crippen molar-refractivity contribution in [1.29, 1.82) is 0 Å². The fourth-order valence-corrected chi connectivity index (χ4v) is 2.58. The predicted molar refractivity (Wildman–Crippen MR) is 64.5 cm³/mol. The fourth-order valence-electron chi connectivity index (χ4n) is 2.58. The van der Waals surface area contributed by atoms with Crippen molar-refractivity contribution in [3.8, 4) is 11.1 Å². The normalized spacial score (nSPS) is 18.0. The van der Waals surface area contributed by atoms with Crippen LogP contribution in [0.4, 0.5) is 0 Å². The minimum absolute atomic E-state index is 1.09. The summed E-state index contributed by atoms with van der Waals surface area (Å²) in [4.78, 5) is 2.56. The van der Waals surface area contributed by atoms with E-state index in [-0.39, 0.29) is 0 Å². The molecule has 0 amide bonds. The summed E-state index contributed by atoms with van der Waals surface area (Å²) in [6.07, 6.45) is 7.70. The van der Waals surface area contributed by atoms with Gasteiger partial charge < -0.3 is 4.42 Å². The molecule has 2 aliphatic heterocycles. The smallest absolute Gasteiger partial charge is 0.0979 e. The van der Waals surface area contributed by atoms with E-state index in [1.54, 1.807) is 6.26 Å². The third-order valence-electron chi connectivity index (χ3n) is 3.47. The van der Waals surface area contributed by atoms with Gasteiger partial charge in [-0.3, -0.25) is 4.90 Å². The van der Waals surface area contributed by atoms with Crippen LogP contribution in [0.1, 0.15) is 24.8 Å². The Balaban J connectivity index is 1.79. The van der Waals surface area contributed by atoms with E-state index in [1.807, 2.05) is 6.26 Å². The zero-order chi connectivity index (χ0) is 10.8. The molecule has 0 saturated carbocycles. The topological polar surface area (TPSA) is 16.4 Å². The molecule has 84 valence electrons. The molecule has 2 heterocycles. The molecule has 3 aliphatic rings. The molecule has 1 fully saturated rings. The van der Waals surface area contributed by atoms with Crippen molar-refractivity contribution in [3.63, 3.8) is 0 Å². The van der Waals surface area contributed by atoms with Crippen LogP contribution in [0.15, 0.2) is 35.1 Å². The summed E-state index contributed by atoms with van der Waals surface area (Å²) >= 11 is 0. The van der Waals surface area contributed by atoms with Gasteiger partial charge in [0, 0.05) is 12.1 Å². The Bertz CT molecular complexity index is 428. The number of likely N-dealkylation sites (tertiary alicyclic amines) is 1. The van der Waals surface area contributed by atoms with Gasteiger partial charge in [-0.05, 0) is 43.1 Å². The monoisotopic (exact) mass is 215 g/mol. The highest BCUT2D eigenvalue weighted by Crippen LogP contribution is 2.29. The minimum Gasteiger partial charge on any atom is -0.472 e. The number of fused-ring (bicyclic) bond motifs is 1. The molecule has 0 N–H and O–H groups in total. The highest BCUT2D eigenvalue weighted by atomic mass is 16.3. The van der Waals surface area contributed by atoms with Crippen molar-refractivity contribution < 1.29 is 4.42 Å². The molecule has 0 spiro atoms. The Morgan fingerprint density at radius 1 is 1.06 bits per heavy atom. The number of hydrogen-bond acceptors (Lipinski definition) is 2. The van der Waals surface area contributed by atoms with Crippen molar-refractivity contribution >= 4 is 0 Å². The lowest BCUT2D eigenvalue weighted by molar-refractivity contribution is 0.221. The summed E-state index contributed by atoms with van der Waals surface area (Å²) in [6, 6.07) is 6.46. The van der Waals surface area contributed by atoms with Gasteiger partial charge in [0.25, 0.3) is 0 Å². The minimum atomic E-state index is 1.09. The number of rotatable bonds is 2. The molecule has 0 radical (unpaired) electrons. The Kier molecular flexibility index (Phi) is 2.66. The Hall–Kier alpha value is -1.28. The molecule has 0 bridgehead atoms. The molecule has 16 heavy (non-hydrogen) atoms. The van der Waals surface area contributed by atoms with Crippen LogP contribution in [0.2, 0.25) is 0 Å². The second kappa shape index (κ2) is 4.30. The van der Waals surface area contributed by atoms with Crippen LogP contribution >= 0.6 is 0 Å². The first-order chi connectivity index (χ1) is 7.93. The Morgan fingerprint density at radius 3 is 2.81 bits per heavy atom. The van der Waals surface area contributed by atoms with Gasteiger partial charge in [-0.2, -0.15) is 0 Å². The first-order valence-corrected chi connectivity index (χ1v) is 6.10. The maximum atomic E-state index is 5.18. The first-order valence-electron chi connectivity index (χ1n) is 6.10. The van der Waals surface area contributed by atoms with Gasteiger partial charge in [-0.25, -0.2) is 0 Å². The van der Waals surface area contributed by atoms with Crippen LogP contribution in [-0.4, -0.2) is 18.0 Å². The van der Waals surface area contributed by atoms with Crippen LogP contribution in [0, 0.1) is 0 Å². The van der Waals surface area contributed by atoms with E-state index in [9.17, 15) is 0 Å². The molecule has 0 unspecified atom stereocenters. The molecular weight excluding hydrogens is 198 g/mol. The van der Waals surface area contributed by atoms with Gasteiger partial charge >= 0.3 is 0 Å². The van der Waals surface area contributed by atoms with Crippen molar-refractivity contribution in [1.82, 2.24) is 4.90 Å². The van der Waals surface area contributed by atoms with Gasteiger partial charge in [0.1, 0.15) is 0 Å². The summed E-state index contributed by atoms with van der Waals surface area (Å²) in [6.45, 7) is 3.60. The van der Waals surface area contributed by atoms with Gasteiger partial charge in [-0.15, -0.1) is 0 Å². The number of piperidine rings is 1. The summed E-state index contributed by atoms with van der Waals surface area (Å²) in [5, 5.41) is 0. The summed E-state index contributed by atoms with van der Waals surface area (Å²) < 4.78 is 5.18. The second-order valence-electron chi connectivity index (χ2n) is 4.62. The van der Waals surface area contributed by atoms with Crippen molar-refractivity contribution in [2.75, 3.05) is 13.1 Å². The van der Waals surface area contributed by atoms with Gasteiger partial charge in [0.15, 0.2) is 0 Å². The first kappa shape index (κ1) is 9.91. The van der Waals surface area contributed by atoms with Gasteiger partial charge in [-0.1, -0.05) is 18.6 Å². The van der Waals surface area contributed by atoms with E-state index in [2.05, 4.69) is 23.1 Å². The van der Waals surface area contributed by atoms with Crippen LogP contribution < -0.4 is 0 Å². The quantitative estimate of drug-likeness (QED) is 0.763. The van der Waals surface area contributed by atoms with Crippen molar-refractivity contribution in [2.24, 2.45) is 0 Å². The van der Waals surface area contributed by atoms with Crippen LogP contribution in [0.5, 0.6) is 0 Å². The molecule has 3 rings (SSSR count). The SMILES string of the molecule is c1cc2c(CN3CCCCC3)ccc-2co1. The molecule has 0 aromatic carbocycles. The lowest BCUT2D eigenvalue weighted by atomic mass is 10.1. The number of nitrogens with zero attached hydrogens (tertiary/aromatic N) is 1. The molecule has 2 heteroatoms. The van der Waals surface area contributed by atoms with E-state index in [4.69, 9.17) is 4.42 Å². The highest BCUT2D eigenvalue weighted by molar-refractivity contribution is 5.69. The Labute approximate surface area is 96.2 Å². The second-order valence-corrected chi connectivity index (χ2v) is 4.62. The maximum Gasteiger partial charge on any atom is 0.0979 e. The zero-order valence-corrected chi connectivity index (χ0v) is 9.48. The molecule has 0 aromatic heterocycles. The molecule has 0 aromatic rings. The maximum absolute atomic E-state index is 5.18.